The number of Topliss-reactive ketones (excluding diaryl/α,β-unsaturated/α-hetero) is 3. The minimum Gasteiger partial charge on any atom is -0.370 e. The molecule has 770 valence electrons. The highest BCUT2D eigenvalue weighted by molar-refractivity contribution is 7.16. The Labute approximate surface area is 853 Å². The second kappa shape index (κ2) is 58.7. The number of nitrogens with one attached hydrogen (secondary N) is 5. The number of nitrogens with two attached hydrogens (primary N) is 16. The number of hydrogen-bond acceptors (Lipinski definition) is 36. The Morgan fingerprint density at radius 2 is 0.553 bits per heavy atom. The third-order valence-electron chi connectivity index (χ3n) is 19.3. The quantitative estimate of drug-likeness (QED) is 0.00868. The highest BCUT2D eigenvalue weighted by atomic mass is 32.1. The number of aryl methyl sites for hydroxylation is 11. The van der Waals surface area contributed by atoms with Crippen LogP contribution in [0.15, 0.2) is 30.0 Å². The summed E-state index contributed by atoms with van der Waals surface area (Å²) < 4.78 is 0. The Hall–Kier alpha value is -12.5. The average molecular weight is 2120 g/mol. The zero-order valence-electron chi connectivity index (χ0n) is 81.9. The molecule has 0 fully saturated rings. The molecule has 46 nitrogen and oxygen atoms in total. The van der Waals surface area contributed by atoms with Gasteiger partial charge in [0.15, 0.2) is 53.1 Å². The van der Waals surface area contributed by atoms with Gasteiger partial charge in [0.05, 0.1) is 141 Å². The Bertz CT molecular complexity index is 5940. The molecular formula is C86H132N36O10S9. The van der Waals surface area contributed by atoms with Crippen LogP contribution < -0.4 is 118 Å². The summed E-state index contributed by atoms with van der Waals surface area (Å²) >= 11 is 11.6. The minimum atomic E-state index is -0.696. The number of carbonyl (C=O) groups excluding carboxylic acids is 10. The number of rotatable bonds is 47. The van der Waals surface area contributed by atoms with Crippen molar-refractivity contribution >= 4 is 196 Å². The van der Waals surface area contributed by atoms with Crippen molar-refractivity contribution in [2.24, 2.45) is 122 Å². The maximum absolute atomic E-state index is 13.9. The van der Waals surface area contributed by atoms with Crippen LogP contribution in [0.1, 0.15) is 353 Å². The maximum atomic E-state index is 13.9. The number of aliphatic imine (C=N–C) groups is 6. The molecular weight excluding hydrogens is 1990 g/mol. The summed E-state index contributed by atoms with van der Waals surface area (Å²) in [7, 11) is 0. The van der Waals surface area contributed by atoms with Crippen LogP contribution in [0.2, 0.25) is 0 Å². The van der Waals surface area contributed by atoms with Gasteiger partial charge in [-0.3, -0.25) is 77.9 Å². The first kappa shape index (κ1) is 119. The zero-order chi connectivity index (χ0) is 106. The van der Waals surface area contributed by atoms with E-state index in [9.17, 15) is 47.9 Å². The highest BCUT2D eigenvalue weighted by Crippen LogP contribution is 2.35. The molecule has 0 saturated carbocycles. The van der Waals surface area contributed by atoms with Gasteiger partial charge < -0.3 is 118 Å². The summed E-state index contributed by atoms with van der Waals surface area (Å²) in [4.78, 5) is 192. The first-order valence-corrected chi connectivity index (χ1v) is 51.9. The van der Waals surface area contributed by atoms with Crippen LogP contribution in [0.4, 0.5) is 0 Å². The van der Waals surface area contributed by atoms with E-state index in [-0.39, 0.29) is 76.9 Å². The molecule has 9 rings (SSSR count). The molecule has 0 bridgehead atoms. The molecule has 9 aromatic heterocycles. The fourth-order valence-electron chi connectivity index (χ4n) is 13.3. The predicted octanol–water partition coefficient (Wildman–Crippen LogP) is 6.24. The van der Waals surface area contributed by atoms with Gasteiger partial charge >= 0.3 is 0 Å². The second-order valence-corrected chi connectivity index (χ2v) is 42.3. The van der Waals surface area contributed by atoms with Crippen molar-refractivity contribution in [2.75, 3.05) is 39.3 Å². The van der Waals surface area contributed by atoms with Crippen molar-refractivity contribution in [3.8, 4) is 0 Å². The van der Waals surface area contributed by atoms with E-state index in [1.165, 1.54) is 116 Å². The van der Waals surface area contributed by atoms with Gasteiger partial charge in [0, 0.05) is 98.3 Å². The van der Waals surface area contributed by atoms with Crippen LogP contribution >= 0.6 is 102 Å². The summed E-state index contributed by atoms with van der Waals surface area (Å²) in [6, 6.07) is -3.64. The number of aromatic nitrogens is 9. The Morgan fingerprint density at radius 3 is 0.929 bits per heavy atom. The largest absolute Gasteiger partial charge is 0.370 e. The van der Waals surface area contributed by atoms with Crippen molar-refractivity contribution in [3.05, 3.63) is 140 Å². The fourth-order valence-corrected chi connectivity index (χ4v) is 21.9. The highest BCUT2D eigenvalue weighted by Gasteiger charge is 2.34. The summed E-state index contributed by atoms with van der Waals surface area (Å²) in [6.45, 7) is 30.5. The number of hydrogen-bond donors (Lipinski definition) is 21. The Morgan fingerprint density at radius 1 is 0.284 bits per heavy atom. The maximum Gasteiger partial charge on any atom is 0.263 e. The second-order valence-electron chi connectivity index (χ2n) is 31.9. The molecule has 0 aliphatic carbocycles. The van der Waals surface area contributed by atoms with Gasteiger partial charge in [-0.2, -0.15) is 0 Å². The van der Waals surface area contributed by atoms with Crippen LogP contribution in [0.5, 0.6) is 0 Å². The van der Waals surface area contributed by atoms with E-state index in [1.807, 2.05) is 20.8 Å². The zero-order valence-corrected chi connectivity index (χ0v) is 89.2. The van der Waals surface area contributed by atoms with Crippen LogP contribution in [0.25, 0.3) is 0 Å². The lowest BCUT2D eigenvalue weighted by Crippen LogP contribution is -2.33. The van der Waals surface area contributed by atoms with Crippen LogP contribution in [0, 0.1) is 41.5 Å². The Balaban J connectivity index is 0.000000330. The number of amides is 7. The fraction of sp³-hybridized carbons (Fsp3) is 0.500. The van der Waals surface area contributed by atoms with E-state index in [0.717, 1.165) is 84.7 Å². The van der Waals surface area contributed by atoms with E-state index in [2.05, 4.69) is 101 Å². The molecule has 0 unspecified atom stereocenters. The number of thiazole rings is 9. The Kier molecular flexibility index (Phi) is 49.5. The van der Waals surface area contributed by atoms with Crippen molar-refractivity contribution < 1.29 is 47.9 Å². The van der Waals surface area contributed by atoms with Crippen molar-refractivity contribution in [3.63, 3.8) is 0 Å². The number of primary amides is 2. The van der Waals surface area contributed by atoms with E-state index in [4.69, 9.17) is 91.7 Å². The molecule has 9 aromatic rings. The molecule has 141 heavy (non-hydrogen) atoms. The average Bonchev–Trinajstić information content (AvgIpc) is 1.67. The number of unbranched alkanes of at least 4 members (excludes halogenated alkanes) is 1. The van der Waals surface area contributed by atoms with Crippen LogP contribution in [-0.4, -0.2) is 179 Å². The van der Waals surface area contributed by atoms with Crippen LogP contribution in [-0.2, 0) is 36.9 Å². The van der Waals surface area contributed by atoms with Gasteiger partial charge in [0.25, 0.3) is 35.4 Å². The SMILES string of the molecule is CC(=O)N[C@@H](C)c1nc(C)sc1C(=O)N[C@@H](CCCN=C(N)N)c1nc(C)sc1C(=O)N[C@@H](C)c1nc(CCCN=C(N)N)sc1C(C)=O.CC(=O)c1sc(C)nc1CCCCN=C(N)N.CCc1nc(CCCN=C(N)N)sc1C(C)=O.Cc1nc([C@H](C)N)c(C(=O)N[C@@H](CCCN=C(N)N)c2nc(C)sc2C(N)=O)s1.Cc1nc([C@H](C)NC(=O)c2sc(CCCN=C(N)N)nc2[C@H](C)N)c(C(N)=O)s1. The number of carbonyl (C=O) groups is 10. The van der Waals surface area contributed by atoms with E-state index >= 15 is 0 Å². The summed E-state index contributed by atoms with van der Waals surface area (Å²) in [5.41, 5.74) is 92.1. The molecule has 37 N–H and O–H groups in total. The lowest BCUT2D eigenvalue weighted by Gasteiger charge is -2.20. The number of guanidine groups is 6. The number of ketones is 3. The van der Waals surface area contributed by atoms with Gasteiger partial charge in [-0.05, 0) is 147 Å². The monoisotopic (exact) mass is 2120 g/mol. The van der Waals surface area contributed by atoms with Gasteiger partial charge in [-0.1, -0.05) is 6.92 Å². The van der Waals surface area contributed by atoms with Crippen molar-refractivity contribution in [1.29, 1.82) is 0 Å². The molecule has 7 amide bonds. The molecule has 0 aliphatic heterocycles. The predicted molar refractivity (Wildman–Crippen MR) is 564 cm³/mol. The van der Waals surface area contributed by atoms with E-state index < -0.39 is 59.9 Å². The normalized spacial score (nSPS) is 12.2. The smallest absolute Gasteiger partial charge is 0.263 e. The lowest BCUT2D eigenvalue weighted by molar-refractivity contribution is -0.119. The molecule has 7 atom stereocenters. The van der Waals surface area contributed by atoms with Gasteiger partial charge in [0.2, 0.25) is 5.91 Å². The van der Waals surface area contributed by atoms with E-state index in [0.29, 0.717) is 185 Å². The van der Waals surface area contributed by atoms with Crippen LogP contribution in [0.3, 0.4) is 0 Å². The molecule has 0 saturated heterocycles. The van der Waals surface area contributed by atoms with Gasteiger partial charge in [0.1, 0.15) is 29.3 Å². The first-order valence-electron chi connectivity index (χ1n) is 44.6. The molecule has 0 aromatic carbocycles. The van der Waals surface area contributed by atoms with Gasteiger partial charge in [-0.25, -0.2) is 44.9 Å². The van der Waals surface area contributed by atoms with Crippen molar-refractivity contribution in [2.45, 2.75) is 243 Å². The lowest BCUT2D eigenvalue weighted by atomic mass is 10.1. The first-order chi connectivity index (χ1) is 66.3. The third kappa shape index (κ3) is 39.9. The molecule has 0 spiro atoms. The summed E-state index contributed by atoms with van der Waals surface area (Å²) in [6.07, 6.45) is 9.46. The summed E-state index contributed by atoms with van der Waals surface area (Å²) in [5, 5.41) is 21.5. The molecule has 0 aliphatic rings. The third-order valence-corrected chi connectivity index (χ3v) is 29.0. The van der Waals surface area contributed by atoms with E-state index in [1.54, 1.807) is 76.2 Å². The molecule has 9 heterocycles. The van der Waals surface area contributed by atoms with Crippen molar-refractivity contribution in [1.82, 2.24) is 71.4 Å². The minimum absolute atomic E-state index is 0.00498. The topological polar surface area (TPSA) is 837 Å². The molecule has 55 heteroatoms. The molecule has 0 radical (unpaired) electrons. The number of nitrogens with zero attached hydrogens (tertiary/aromatic N) is 15. The van der Waals surface area contributed by atoms with Gasteiger partial charge in [-0.15, -0.1) is 102 Å². The summed E-state index contributed by atoms with van der Waals surface area (Å²) in [5.74, 6) is -2.64. The standard InChI is InChI=1S/C30H44N12O4S3.2C17H26N8O2S2.2C11H18N4OS/c1-13(37-16(4)44)22-25(47-17(5)39-22)28(46)41-19(9-7-11-35-29(31)32)23-26(48-18(6)40-23)27(45)38-14(2)21-24(15(3)43)49-20(42-21)10-8-12-36-30(33)34;1-7(18)11-14(29-8(2)23-11)16(27)25-10(5-4-6-22-17(20)21)12-13(15(19)26)28-9(3)24-12;1-7(18)11-14(29-10(25-11)5-4-6-22-17(20)21)16(27)23-8(2)12-13(15(19)26)28-9(3)24-12;1-7(16)10-9(15-8(2)17-10)5-3-4-6-14-11(12)13;1-3-8-10(7(2)16)17-9(15-8)5-4-6-14-11(12)13/h13-14,19H,7-12H2,1-6H3,(H,37,44)(H,38,45)(H,41,46)(H4,31,32,35)(H4,33,34,36);7,10H,4-6,18H2,1-3H3,(H2,19,26)(H,25,27)(H4,20,21,22);7-8H,4-6,18H2,1-3H3,(H2,19,26)(H,23,27)(H4,20,21,22);2*3-6H2,1-2H3,(H4,12,13,14)/t13-,14-,19-;7-,10-;7-,8-;;/m000../s1.